The number of para-hydroxylation sites is 1. The lowest BCUT2D eigenvalue weighted by Gasteiger charge is -2.14. The van der Waals surface area contributed by atoms with Crippen LogP contribution in [0.4, 0.5) is 13.2 Å². The second-order valence-corrected chi connectivity index (χ2v) is 4.87. The van der Waals surface area contributed by atoms with Crippen LogP contribution < -0.4 is 5.32 Å². The second-order valence-electron chi connectivity index (χ2n) is 4.87. The van der Waals surface area contributed by atoms with Crippen molar-refractivity contribution in [1.29, 1.82) is 0 Å². The molecule has 0 aliphatic heterocycles. The Morgan fingerprint density at radius 2 is 1.83 bits per heavy atom. The van der Waals surface area contributed by atoms with Crippen LogP contribution in [0.3, 0.4) is 0 Å². The van der Waals surface area contributed by atoms with Gasteiger partial charge in [0.25, 0.3) is 5.91 Å². The molecule has 0 spiro atoms. The van der Waals surface area contributed by atoms with E-state index in [9.17, 15) is 28.2 Å². The average molecular weight is 325 g/mol. The number of phenols is 1. The van der Waals surface area contributed by atoms with Crippen LogP contribution in [0.15, 0.2) is 48.5 Å². The molecule has 0 bridgehead atoms. The Morgan fingerprint density at radius 1 is 1.13 bits per heavy atom. The first-order valence-corrected chi connectivity index (χ1v) is 6.70. The molecular formula is C16H14F3NO3. The molecule has 122 valence electrons. The van der Waals surface area contributed by atoms with Gasteiger partial charge >= 0.3 is 6.18 Å². The fourth-order valence-electron chi connectivity index (χ4n) is 1.99. The van der Waals surface area contributed by atoms with Crippen molar-refractivity contribution in [3.05, 3.63) is 65.2 Å². The summed E-state index contributed by atoms with van der Waals surface area (Å²) < 4.78 is 37.9. The number of phenolic OH excluding ortho intramolecular Hbond substituents is 1. The Morgan fingerprint density at radius 3 is 2.48 bits per heavy atom. The molecule has 2 aromatic carbocycles. The van der Waals surface area contributed by atoms with Crippen molar-refractivity contribution in [3.63, 3.8) is 0 Å². The molecule has 1 unspecified atom stereocenters. The fourth-order valence-corrected chi connectivity index (χ4v) is 1.99. The highest BCUT2D eigenvalue weighted by molar-refractivity contribution is 5.96. The Bertz CT molecular complexity index is 701. The lowest BCUT2D eigenvalue weighted by molar-refractivity contribution is -0.137. The number of amides is 1. The average Bonchev–Trinajstić information content (AvgIpc) is 2.52. The molecule has 3 N–H and O–H groups in total. The van der Waals surface area contributed by atoms with Crippen LogP contribution >= 0.6 is 0 Å². The van der Waals surface area contributed by atoms with Gasteiger partial charge in [0.15, 0.2) is 0 Å². The van der Waals surface area contributed by atoms with Crippen molar-refractivity contribution in [3.8, 4) is 5.75 Å². The topological polar surface area (TPSA) is 69.6 Å². The summed E-state index contributed by atoms with van der Waals surface area (Å²) in [7, 11) is 0. The molecule has 0 aliphatic rings. The standard InChI is InChI=1S/C16H14F3NO3/c17-16(18,19)11-5-3-4-10(8-11)14(22)9-20-15(23)12-6-1-2-7-13(12)21/h1-8,14,21-22H,9H2,(H,20,23). The smallest absolute Gasteiger partial charge is 0.416 e. The number of alkyl halides is 3. The van der Waals surface area contributed by atoms with Gasteiger partial charge in [-0.05, 0) is 29.8 Å². The van der Waals surface area contributed by atoms with E-state index < -0.39 is 23.8 Å². The molecule has 0 heterocycles. The molecule has 0 radical (unpaired) electrons. The first kappa shape index (κ1) is 16.8. The summed E-state index contributed by atoms with van der Waals surface area (Å²) >= 11 is 0. The third kappa shape index (κ3) is 4.23. The molecule has 4 nitrogen and oxygen atoms in total. The molecule has 7 heteroatoms. The molecule has 23 heavy (non-hydrogen) atoms. The van der Waals surface area contributed by atoms with Gasteiger partial charge in [-0.25, -0.2) is 0 Å². The minimum absolute atomic E-state index is 0.0174. The summed E-state index contributed by atoms with van der Waals surface area (Å²) in [5.41, 5.74) is -0.817. The number of carbonyl (C=O) groups is 1. The maximum atomic E-state index is 12.6. The minimum Gasteiger partial charge on any atom is -0.507 e. The van der Waals surface area contributed by atoms with Gasteiger partial charge in [-0.2, -0.15) is 13.2 Å². The minimum atomic E-state index is -4.51. The van der Waals surface area contributed by atoms with Gasteiger partial charge in [0.05, 0.1) is 17.2 Å². The van der Waals surface area contributed by atoms with Crippen LogP contribution in [0.5, 0.6) is 5.75 Å². The fraction of sp³-hybridized carbons (Fsp3) is 0.188. The van der Waals surface area contributed by atoms with Crippen molar-refractivity contribution in [1.82, 2.24) is 5.32 Å². The van der Waals surface area contributed by atoms with E-state index in [0.29, 0.717) is 0 Å². The van der Waals surface area contributed by atoms with Gasteiger partial charge in [0.2, 0.25) is 0 Å². The van der Waals surface area contributed by atoms with Crippen molar-refractivity contribution < 1.29 is 28.2 Å². The number of aromatic hydroxyl groups is 1. The first-order valence-electron chi connectivity index (χ1n) is 6.70. The molecular weight excluding hydrogens is 311 g/mol. The van der Waals surface area contributed by atoms with Crippen LogP contribution in [0, 0.1) is 0 Å². The number of carbonyl (C=O) groups excluding carboxylic acids is 1. The van der Waals surface area contributed by atoms with E-state index in [1.54, 1.807) is 12.1 Å². The highest BCUT2D eigenvalue weighted by atomic mass is 19.4. The van der Waals surface area contributed by atoms with E-state index in [-0.39, 0.29) is 23.4 Å². The number of aliphatic hydroxyl groups excluding tert-OH is 1. The van der Waals surface area contributed by atoms with Crippen LogP contribution in [-0.2, 0) is 6.18 Å². The van der Waals surface area contributed by atoms with Crippen molar-refractivity contribution >= 4 is 5.91 Å². The maximum absolute atomic E-state index is 12.6. The first-order chi connectivity index (χ1) is 10.8. The third-order valence-electron chi connectivity index (χ3n) is 3.20. The van der Waals surface area contributed by atoms with Crippen molar-refractivity contribution in [2.45, 2.75) is 12.3 Å². The highest BCUT2D eigenvalue weighted by Gasteiger charge is 2.30. The summed E-state index contributed by atoms with van der Waals surface area (Å²) in [4.78, 5) is 11.9. The van der Waals surface area contributed by atoms with Gasteiger partial charge in [-0.3, -0.25) is 4.79 Å². The van der Waals surface area contributed by atoms with E-state index in [1.807, 2.05) is 0 Å². The second kappa shape index (κ2) is 6.70. The molecule has 2 rings (SSSR count). The van der Waals surface area contributed by atoms with Gasteiger partial charge in [0.1, 0.15) is 5.75 Å². The molecule has 1 amide bonds. The zero-order valence-corrected chi connectivity index (χ0v) is 11.8. The maximum Gasteiger partial charge on any atom is 0.416 e. The zero-order chi connectivity index (χ0) is 17.0. The Hall–Kier alpha value is -2.54. The number of halogens is 3. The number of benzene rings is 2. The van der Waals surface area contributed by atoms with Gasteiger partial charge in [-0.15, -0.1) is 0 Å². The van der Waals surface area contributed by atoms with E-state index in [4.69, 9.17) is 0 Å². The summed E-state index contributed by atoms with van der Waals surface area (Å²) in [6.07, 6.45) is -5.80. The molecule has 0 aliphatic carbocycles. The predicted octanol–water partition coefficient (Wildman–Crippen LogP) is 2.87. The molecule has 1 atom stereocenters. The number of aliphatic hydroxyl groups is 1. The molecule has 2 aromatic rings. The SMILES string of the molecule is O=C(NCC(O)c1cccc(C(F)(F)F)c1)c1ccccc1O. The Balaban J connectivity index is 2.04. The van der Waals surface area contributed by atoms with Crippen LogP contribution in [-0.4, -0.2) is 22.7 Å². The molecule has 0 aromatic heterocycles. The Kier molecular flexibility index (Phi) is 4.90. The lowest BCUT2D eigenvalue weighted by atomic mass is 10.1. The van der Waals surface area contributed by atoms with Gasteiger partial charge in [-0.1, -0.05) is 24.3 Å². The summed E-state index contributed by atoms with van der Waals surface area (Å²) in [5.74, 6) is -0.854. The van der Waals surface area contributed by atoms with Crippen molar-refractivity contribution in [2.24, 2.45) is 0 Å². The van der Waals surface area contributed by atoms with E-state index >= 15 is 0 Å². The largest absolute Gasteiger partial charge is 0.507 e. The summed E-state index contributed by atoms with van der Waals surface area (Å²) in [5, 5.41) is 21.8. The normalized spacial score (nSPS) is 12.7. The molecule has 0 saturated heterocycles. The summed E-state index contributed by atoms with van der Waals surface area (Å²) in [6.45, 7) is -0.283. The summed E-state index contributed by atoms with van der Waals surface area (Å²) in [6, 6.07) is 10.1. The molecule has 0 saturated carbocycles. The lowest BCUT2D eigenvalue weighted by Crippen LogP contribution is -2.28. The highest BCUT2D eigenvalue weighted by Crippen LogP contribution is 2.30. The van der Waals surface area contributed by atoms with Gasteiger partial charge in [0, 0.05) is 6.54 Å². The predicted molar refractivity (Wildman–Crippen MR) is 76.8 cm³/mol. The number of hydrogen-bond donors (Lipinski definition) is 3. The Labute approximate surface area is 130 Å². The zero-order valence-electron chi connectivity index (χ0n) is 11.8. The number of rotatable bonds is 4. The number of nitrogens with one attached hydrogen (secondary N) is 1. The van der Waals surface area contributed by atoms with Crippen LogP contribution in [0.25, 0.3) is 0 Å². The van der Waals surface area contributed by atoms with E-state index in [1.165, 1.54) is 24.3 Å². The third-order valence-corrected chi connectivity index (χ3v) is 3.20. The molecule has 0 fully saturated rings. The van der Waals surface area contributed by atoms with E-state index in [0.717, 1.165) is 12.1 Å². The van der Waals surface area contributed by atoms with Gasteiger partial charge < -0.3 is 15.5 Å². The van der Waals surface area contributed by atoms with Crippen molar-refractivity contribution in [2.75, 3.05) is 6.54 Å². The van der Waals surface area contributed by atoms with E-state index in [2.05, 4.69) is 5.32 Å². The van der Waals surface area contributed by atoms with Crippen LogP contribution in [0.1, 0.15) is 27.6 Å². The van der Waals surface area contributed by atoms with Crippen LogP contribution in [0.2, 0.25) is 0 Å². The quantitative estimate of drug-likeness (QED) is 0.809. The number of hydrogen-bond acceptors (Lipinski definition) is 3. The monoisotopic (exact) mass is 325 g/mol.